The van der Waals surface area contributed by atoms with E-state index in [9.17, 15) is 13.2 Å². The van der Waals surface area contributed by atoms with E-state index in [1.54, 1.807) is 18.2 Å². The van der Waals surface area contributed by atoms with E-state index in [1.807, 2.05) is 6.92 Å². The lowest BCUT2D eigenvalue weighted by Gasteiger charge is -2.10. The Hall–Kier alpha value is -1.20. The smallest absolute Gasteiger partial charge is 0.234 e. The van der Waals surface area contributed by atoms with Gasteiger partial charge in [-0.1, -0.05) is 42.6 Å². The number of benzene rings is 1. The highest BCUT2D eigenvalue weighted by molar-refractivity contribution is 6.37. The summed E-state index contributed by atoms with van der Waals surface area (Å²) in [4.78, 5) is 0. The third-order valence-electron chi connectivity index (χ3n) is 3.01. The number of rotatable bonds is 4. The first-order valence-electron chi connectivity index (χ1n) is 6.45. The van der Waals surface area contributed by atoms with Gasteiger partial charge in [0, 0.05) is 5.69 Å². The molecule has 0 fully saturated rings. The Morgan fingerprint density at radius 1 is 1.19 bits per heavy atom. The Bertz CT molecular complexity index is 615. The van der Waals surface area contributed by atoms with Gasteiger partial charge in [-0.25, -0.2) is 4.68 Å². The number of nitrogens with zero attached hydrogens (tertiary/aromatic N) is 2. The number of hydrogen-bond acceptors (Lipinski definition) is 1. The largest absolute Gasteiger partial charge is 0.435 e. The van der Waals surface area contributed by atoms with Crippen molar-refractivity contribution in [1.29, 1.82) is 0 Å². The van der Waals surface area contributed by atoms with Crippen LogP contribution in [0.15, 0.2) is 24.3 Å². The topological polar surface area (TPSA) is 17.8 Å². The molecule has 0 aliphatic carbocycles. The zero-order valence-electron chi connectivity index (χ0n) is 11.2. The van der Waals surface area contributed by atoms with E-state index in [0.717, 1.165) is 18.9 Å². The highest BCUT2D eigenvalue weighted by Gasteiger charge is 2.35. The summed E-state index contributed by atoms with van der Waals surface area (Å²) in [5.74, 6) is 0. The number of para-hydroxylation sites is 1. The van der Waals surface area contributed by atoms with Crippen molar-refractivity contribution >= 4 is 23.2 Å². The monoisotopic (exact) mass is 336 g/mol. The molecule has 0 saturated carbocycles. The van der Waals surface area contributed by atoms with E-state index in [1.165, 1.54) is 4.68 Å². The first kappa shape index (κ1) is 16.2. The third kappa shape index (κ3) is 3.52. The van der Waals surface area contributed by atoms with Crippen molar-refractivity contribution in [1.82, 2.24) is 9.78 Å². The predicted octanol–water partition coefficient (Wildman–Crippen LogP) is 5.54. The summed E-state index contributed by atoms with van der Waals surface area (Å²) in [6, 6.07) is 5.83. The van der Waals surface area contributed by atoms with Crippen LogP contribution in [0.5, 0.6) is 0 Å². The van der Waals surface area contributed by atoms with Gasteiger partial charge in [0.25, 0.3) is 0 Å². The van der Waals surface area contributed by atoms with Gasteiger partial charge >= 0.3 is 6.18 Å². The fourth-order valence-corrected chi connectivity index (χ4v) is 2.54. The molecule has 0 aliphatic rings. The Morgan fingerprint density at radius 2 is 1.81 bits per heavy atom. The molecule has 1 aromatic carbocycles. The highest BCUT2D eigenvalue weighted by atomic mass is 35.5. The molecule has 2 aromatic rings. The average Bonchev–Trinajstić information content (AvgIpc) is 2.80. The molecular formula is C14H13Cl2F3N2. The van der Waals surface area contributed by atoms with Crippen LogP contribution >= 0.6 is 23.2 Å². The first-order valence-corrected chi connectivity index (χ1v) is 7.20. The molecule has 0 aliphatic heterocycles. The summed E-state index contributed by atoms with van der Waals surface area (Å²) in [5, 5.41) is 4.17. The minimum Gasteiger partial charge on any atom is -0.234 e. The first-order chi connectivity index (χ1) is 9.84. The normalized spacial score (nSPS) is 11.9. The number of hydrogen-bond donors (Lipinski definition) is 0. The predicted molar refractivity (Wildman–Crippen MR) is 77.2 cm³/mol. The van der Waals surface area contributed by atoms with Gasteiger partial charge < -0.3 is 0 Å². The van der Waals surface area contributed by atoms with Gasteiger partial charge in [-0.2, -0.15) is 18.3 Å². The Labute approximate surface area is 130 Å². The van der Waals surface area contributed by atoms with Crippen molar-refractivity contribution in [3.8, 4) is 5.69 Å². The van der Waals surface area contributed by atoms with E-state index in [-0.39, 0.29) is 15.7 Å². The minimum absolute atomic E-state index is 0.261. The number of aryl methyl sites for hydroxylation is 1. The molecule has 0 atom stereocenters. The average molecular weight is 337 g/mol. The molecule has 0 N–H and O–H groups in total. The number of aromatic nitrogens is 2. The van der Waals surface area contributed by atoms with Gasteiger partial charge in [0.15, 0.2) is 5.69 Å². The molecule has 21 heavy (non-hydrogen) atoms. The number of halogens is 5. The lowest BCUT2D eigenvalue weighted by Crippen LogP contribution is -2.08. The molecule has 7 heteroatoms. The molecule has 114 valence electrons. The molecular weight excluding hydrogens is 324 g/mol. The fraction of sp³-hybridized carbons (Fsp3) is 0.357. The van der Waals surface area contributed by atoms with E-state index in [4.69, 9.17) is 23.2 Å². The van der Waals surface area contributed by atoms with Crippen LogP contribution in [0.2, 0.25) is 10.0 Å². The van der Waals surface area contributed by atoms with Crippen LogP contribution in [0.4, 0.5) is 13.2 Å². The van der Waals surface area contributed by atoms with Crippen molar-refractivity contribution in [3.63, 3.8) is 0 Å². The van der Waals surface area contributed by atoms with Gasteiger partial charge in [0.1, 0.15) is 5.69 Å². The van der Waals surface area contributed by atoms with Gasteiger partial charge in [-0.3, -0.25) is 0 Å². The van der Waals surface area contributed by atoms with E-state index in [0.29, 0.717) is 12.1 Å². The maximum atomic E-state index is 12.9. The number of alkyl halides is 3. The summed E-state index contributed by atoms with van der Waals surface area (Å²) in [6.07, 6.45) is -2.41. The van der Waals surface area contributed by atoms with Gasteiger partial charge in [0.2, 0.25) is 0 Å². The van der Waals surface area contributed by atoms with Crippen LogP contribution in [0.3, 0.4) is 0 Å². The second kappa shape index (κ2) is 6.28. The fourth-order valence-electron chi connectivity index (χ4n) is 1.98. The van der Waals surface area contributed by atoms with Gasteiger partial charge in [-0.15, -0.1) is 0 Å². The summed E-state index contributed by atoms with van der Waals surface area (Å²) in [6.45, 7) is 1.97. The second-order valence-corrected chi connectivity index (χ2v) is 5.42. The van der Waals surface area contributed by atoms with E-state index < -0.39 is 11.9 Å². The van der Waals surface area contributed by atoms with Crippen LogP contribution < -0.4 is 0 Å². The second-order valence-electron chi connectivity index (χ2n) is 4.60. The summed E-state index contributed by atoms with van der Waals surface area (Å²) >= 11 is 12.1. The Kier molecular flexibility index (Phi) is 4.84. The lowest BCUT2D eigenvalue weighted by atomic mass is 10.2. The zero-order valence-corrected chi connectivity index (χ0v) is 12.7. The quantitative estimate of drug-likeness (QED) is 0.716. The molecule has 0 unspecified atom stereocenters. The molecule has 2 rings (SSSR count). The van der Waals surface area contributed by atoms with Crippen molar-refractivity contribution in [2.45, 2.75) is 32.4 Å². The van der Waals surface area contributed by atoms with E-state index in [2.05, 4.69) is 5.10 Å². The molecule has 0 spiro atoms. The van der Waals surface area contributed by atoms with Gasteiger partial charge in [-0.05, 0) is 31.0 Å². The van der Waals surface area contributed by atoms with Crippen LogP contribution in [0, 0.1) is 0 Å². The van der Waals surface area contributed by atoms with Crippen molar-refractivity contribution < 1.29 is 13.2 Å². The Balaban J connectivity index is 2.58. The SMILES string of the molecule is CCCCc1cc(C(F)(F)F)nn1-c1c(Cl)cccc1Cl. The third-order valence-corrected chi connectivity index (χ3v) is 3.62. The molecule has 1 aromatic heterocycles. The Morgan fingerprint density at radius 3 is 2.33 bits per heavy atom. The van der Waals surface area contributed by atoms with Crippen molar-refractivity contribution in [2.75, 3.05) is 0 Å². The summed E-state index contributed by atoms with van der Waals surface area (Å²) in [5.41, 5.74) is -0.216. The highest BCUT2D eigenvalue weighted by Crippen LogP contribution is 2.33. The molecule has 0 saturated heterocycles. The van der Waals surface area contributed by atoms with Crippen LogP contribution in [-0.4, -0.2) is 9.78 Å². The standard InChI is InChI=1S/C14H13Cl2F3N2/c1-2-3-5-9-8-12(14(17,18)19)20-21(9)13-10(15)6-4-7-11(13)16/h4,6-8H,2-3,5H2,1H3. The molecule has 1 heterocycles. The van der Waals surface area contributed by atoms with E-state index >= 15 is 0 Å². The molecule has 0 radical (unpaired) electrons. The lowest BCUT2D eigenvalue weighted by molar-refractivity contribution is -0.141. The van der Waals surface area contributed by atoms with Crippen molar-refractivity contribution in [2.24, 2.45) is 0 Å². The van der Waals surface area contributed by atoms with Crippen LogP contribution in [0.25, 0.3) is 5.69 Å². The summed E-state index contributed by atoms with van der Waals surface area (Å²) < 4.78 is 39.8. The molecule has 0 amide bonds. The molecule has 0 bridgehead atoms. The zero-order chi connectivity index (χ0) is 15.6. The maximum Gasteiger partial charge on any atom is 0.435 e. The minimum atomic E-state index is -4.50. The van der Waals surface area contributed by atoms with Crippen molar-refractivity contribution in [3.05, 3.63) is 45.7 Å². The molecule has 2 nitrogen and oxygen atoms in total. The van der Waals surface area contributed by atoms with Gasteiger partial charge in [0.05, 0.1) is 10.0 Å². The maximum absolute atomic E-state index is 12.9. The van der Waals surface area contributed by atoms with Crippen LogP contribution in [0.1, 0.15) is 31.2 Å². The van der Waals surface area contributed by atoms with Crippen LogP contribution in [-0.2, 0) is 12.6 Å². The number of unbranched alkanes of at least 4 members (excludes halogenated alkanes) is 1. The summed E-state index contributed by atoms with van der Waals surface area (Å²) in [7, 11) is 0.